The van der Waals surface area contributed by atoms with Crippen molar-refractivity contribution in [2.24, 2.45) is 5.92 Å². The number of aryl methyl sites for hydroxylation is 4. The molecule has 33 heavy (non-hydrogen) atoms. The number of rotatable bonds is 8. The summed E-state index contributed by atoms with van der Waals surface area (Å²) in [7, 11) is 0. The van der Waals surface area contributed by atoms with Crippen molar-refractivity contribution in [3.05, 3.63) is 105 Å². The van der Waals surface area contributed by atoms with E-state index in [-0.39, 0.29) is 10.8 Å². The van der Waals surface area contributed by atoms with E-state index < -0.39 is 5.82 Å². The molecule has 0 atom stereocenters. The second-order valence-electron chi connectivity index (χ2n) is 9.53. The fourth-order valence-corrected chi connectivity index (χ4v) is 5.22. The highest BCUT2D eigenvalue weighted by molar-refractivity contribution is 6.30. The molecule has 1 fully saturated rings. The van der Waals surface area contributed by atoms with Crippen molar-refractivity contribution < 1.29 is 8.78 Å². The first kappa shape index (κ1) is 24.0. The zero-order chi connectivity index (χ0) is 23.2. The van der Waals surface area contributed by atoms with E-state index in [0.29, 0.717) is 24.3 Å². The van der Waals surface area contributed by atoms with Crippen molar-refractivity contribution in [2.75, 3.05) is 0 Å². The number of hydrogen-bond acceptors (Lipinski definition) is 0. The lowest BCUT2D eigenvalue weighted by Crippen LogP contribution is -2.14. The van der Waals surface area contributed by atoms with Crippen LogP contribution in [0.1, 0.15) is 72.8 Å². The van der Waals surface area contributed by atoms with Gasteiger partial charge in [0.25, 0.3) is 0 Å². The van der Waals surface area contributed by atoms with Crippen molar-refractivity contribution >= 4 is 11.6 Å². The quantitative estimate of drug-likeness (QED) is 0.311. The molecular formula is C30H33ClF2. The van der Waals surface area contributed by atoms with Gasteiger partial charge in [0.05, 0.1) is 5.02 Å². The van der Waals surface area contributed by atoms with Crippen LogP contribution in [0.4, 0.5) is 8.78 Å². The minimum atomic E-state index is -0.423. The molecule has 0 bridgehead atoms. The van der Waals surface area contributed by atoms with Crippen molar-refractivity contribution in [1.82, 2.24) is 0 Å². The Hall–Kier alpha value is -2.19. The molecular weight excluding hydrogens is 434 g/mol. The summed E-state index contributed by atoms with van der Waals surface area (Å²) in [5.41, 5.74) is 5.49. The van der Waals surface area contributed by atoms with Crippen LogP contribution in [-0.4, -0.2) is 0 Å². The summed E-state index contributed by atoms with van der Waals surface area (Å²) in [6.07, 6.45) is 9.34. The lowest BCUT2D eigenvalue weighted by Gasteiger charge is -2.29. The average Bonchev–Trinajstić information content (AvgIpc) is 2.84. The Morgan fingerprint density at radius 2 is 1.36 bits per heavy atom. The third kappa shape index (κ3) is 6.44. The Labute approximate surface area is 202 Å². The fraction of sp³-hybridized carbons (Fsp3) is 0.400. The topological polar surface area (TPSA) is 0 Å². The Morgan fingerprint density at radius 3 is 2.03 bits per heavy atom. The lowest BCUT2D eigenvalue weighted by molar-refractivity contribution is 0.310. The van der Waals surface area contributed by atoms with Gasteiger partial charge in [-0.05, 0) is 116 Å². The van der Waals surface area contributed by atoms with E-state index >= 15 is 0 Å². The monoisotopic (exact) mass is 466 g/mol. The Bertz CT molecular complexity index is 1050. The number of benzene rings is 3. The summed E-state index contributed by atoms with van der Waals surface area (Å²) in [5.74, 6) is 0.853. The molecule has 0 saturated heterocycles. The first-order chi connectivity index (χ1) is 16.0. The Kier molecular flexibility index (Phi) is 8.20. The largest absolute Gasteiger partial charge is 0.207 e. The van der Waals surface area contributed by atoms with E-state index in [1.165, 1.54) is 42.9 Å². The first-order valence-electron chi connectivity index (χ1n) is 12.3. The highest BCUT2D eigenvalue weighted by Crippen LogP contribution is 2.37. The molecule has 0 amide bonds. The normalized spacial score (nSPS) is 18.4. The summed E-state index contributed by atoms with van der Waals surface area (Å²) < 4.78 is 28.3. The smallest absolute Gasteiger partial charge is 0.142 e. The predicted molar refractivity (Wildman–Crippen MR) is 134 cm³/mol. The van der Waals surface area contributed by atoms with Gasteiger partial charge in [0, 0.05) is 0 Å². The van der Waals surface area contributed by atoms with Gasteiger partial charge in [0.15, 0.2) is 0 Å². The molecule has 1 saturated carbocycles. The standard InChI is InChI=1S/C30H33ClF2/c1-2-21-5-12-25(13-6-21)26-14-7-22(8-15-26)3-4-23-9-16-27(29(32)19-23)17-10-24-11-18-28(31)30(33)20-24/h5-6,9,11-13,16,18-20,22,26H,2-4,7-8,10,14-15,17H2,1H3/t22-,26-. The molecule has 0 heterocycles. The second kappa shape index (κ2) is 11.3. The van der Waals surface area contributed by atoms with Crippen LogP contribution in [0.5, 0.6) is 0 Å². The molecule has 1 aliphatic carbocycles. The molecule has 0 unspecified atom stereocenters. The highest BCUT2D eigenvalue weighted by atomic mass is 35.5. The van der Waals surface area contributed by atoms with Crippen LogP contribution in [0.2, 0.25) is 5.02 Å². The predicted octanol–water partition coefficient (Wildman–Crippen LogP) is 8.87. The van der Waals surface area contributed by atoms with Gasteiger partial charge in [-0.3, -0.25) is 0 Å². The van der Waals surface area contributed by atoms with E-state index in [1.807, 2.05) is 6.07 Å². The third-order valence-corrected chi connectivity index (χ3v) is 7.64. The van der Waals surface area contributed by atoms with Crippen molar-refractivity contribution in [2.45, 2.75) is 70.6 Å². The van der Waals surface area contributed by atoms with Gasteiger partial charge in [-0.25, -0.2) is 8.78 Å². The summed E-state index contributed by atoms with van der Waals surface area (Å²) in [5, 5.41) is 0.119. The summed E-state index contributed by atoms with van der Waals surface area (Å²) in [6, 6.07) is 19.6. The molecule has 0 N–H and O–H groups in total. The van der Waals surface area contributed by atoms with Crippen molar-refractivity contribution in [3.8, 4) is 0 Å². The number of halogens is 3. The lowest BCUT2D eigenvalue weighted by atomic mass is 9.77. The molecule has 4 rings (SSSR count). The molecule has 0 nitrogen and oxygen atoms in total. The molecule has 1 aliphatic rings. The molecule has 0 aliphatic heterocycles. The van der Waals surface area contributed by atoms with Crippen LogP contribution < -0.4 is 0 Å². The summed E-state index contributed by atoms with van der Waals surface area (Å²) in [6.45, 7) is 2.20. The zero-order valence-electron chi connectivity index (χ0n) is 19.4. The van der Waals surface area contributed by atoms with E-state index in [0.717, 1.165) is 36.3 Å². The SMILES string of the molecule is CCc1ccc([C@H]2CC[C@H](CCc3ccc(CCc4ccc(Cl)c(F)c4)c(F)c3)CC2)cc1. The number of hydrogen-bond donors (Lipinski definition) is 0. The van der Waals surface area contributed by atoms with Crippen LogP contribution in [-0.2, 0) is 25.7 Å². The van der Waals surface area contributed by atoms with Crippen LogP contribution in [0.25, 0.3) is 0 Å². The minimum Gasteiger partial charge on any atom is -0.207 e. The van der Waals surface area contributed by atoms with Gasteiger partial charge < -0.3 is 0 Å². The van der Waals surface area contributed by atoms with Gasteiger partial charge in [-0.2, -0.15) is 0 Å². The summed E-state index contributed by atoms with van der Waals surface area (Å²) in [4.78, 5) is 0. The van der Waals surface area contributed by atoms with E-state index in [2.05, 4.69) is 37.3 Å². The van der Waals surface area contributed by atoms with Crippen LogP contribution in [0.15, 0.2) is 60.7 Å². The molecule has 0 aromatic heterocycles. The molecule has 3 aromatic rings. The second-order valence-corrected chi connectivity index (χ2v) is 9.93. The van der Waals surface area contributed by atoms with Gasteiger partial charge in [-0.1, -0.05) is 61.0 Å². The van der Waals surface area contributed by atoms with Gasteiger partial charge in [-0.15, -0.1) is 0 Å². The Morgan fingerprint density at radius 1 is 0.727 bits per heavy atom. The van der Waals surface area contributed by atoms with E-state index in [4.69, 9.17) is 11.6 Å². The van der Waals surface area contributed by atoms with Crippen molar-refractivity contribution in [3.63, 3.8) is 0 Å². The molecule has 0 radical (unpaired) electrons. The maximum absolute atomic E-state index is 14.7. The fourth-order valence-electron chi connectivity index (χ4n) is 5.10. The van der Waals surface area contributed by atoms with Crippen LogP contribution >= 0.6 is 11.6 Å². The minimum absolute atomic E-state index is 0.119. The molecule has 174 valence electrons. The first-order valence-corrected chi connectivity index (χ1v) is 12.7. The van der Waals surface area contributed by atoms with Gasteiger partial charge in [0.1, 0.15) is 11.6 Å². The third-order valence-electron chi connectivity index (χ3n) is 7.33. The van der Waals surface area contributed by atoms with E-state index in [9.17, 15) is 8.78 Å². The van der Waals surface area contributed by atoms with Crippen LogP contribution in [0.3, 0.4) is 0 Å². The zero-order valence-corrected chi connectivity index (χ0v) is 20.2. The van der Waals surface area contributed by atoms with E-state index in [1.54, 1.807) is 18.2 Å². The van der Waals surface area contributed by atoms with Crippen LogP contribution in [0, 0.1) is 17.6 Å². The molecule has 3 aromatic carbocycles. The molecule has 0 spiro atoms. The highest BCUT2D eigenvalue weighted by Gasteiger charge is 2.22. The van der Waals surface area contributed by atoms with Crippen molar-refractivity contribution in [1.29, 1.82) is 0 Å². The average molecular weight is 467 g/mol. The maximum Gasteiger partial charge on any atom is 0.142 e. The van der Waals surface area contributed by atoms with Gasteiger partial charge >= 0.3 is 0 Å². The summed E-state index contributed by atoms with van der Waals surface area (Å²) >= 11 is 5.74. The maximum atomic E-state index is 14.7. The van der Waals surface area contributed by atoms with Gasteiger partial charge in [0.2, 0.25) is 0 Å². The molecule has 3 heteroatoms. The Balaban J connectivity index is 1.24.